The monoisotopic (exact) mass is 321 g/mol. The maximum atomic E-state index is 12.1. The molecular weight excluding hydrogens is 298 g/mol. The Kier molecular flexibility index (Phi) is 6.27. The van der Waals surface area contributed by atoms with Crippen LogP contribution in [0.3, 0.4) is 0 Å². The SMILES string of the molecule is CCNC(=O)c1ccc(NC(=O)CC2CSCCN2)c(C)c1. The van der Waals surface area contributed by atoms with Crippen molar-refractivity contribution >= 4 is 29.3 Å². The van der Waals surface area contributed by atoms with Gasteiger partial charge in [0.25, 0.3) is 5.91 Å². The summed E-state index contributed by atoms with van der Waals surface area (Å²) in [5.74, 6) is 2.00. The number of amides is 2. The number of benzene rings is 1. The van der Waals surface area contributed by atoms with E-state index in [1.807, 2.05) is 25.6 Å². The number of carbonyl (C=O) groups is 2. The number of hydrogen-bond acceptors (Lipinski definition) is 4. The van der Waals surface area contributed by atoms with Crippen molar-refractivity contribution in [3.63, 3.8) is 0 Å². The van der Waals surface area contributed by atoms with Crippen molar-refractivity contribution in [3.8, 4) is 0 Å². The second-order valence-electron chi connectivity index (χ2n) is 5.37. The summed E-state index contributed by atoms with van der Waals surface area (Å²) in [7, 11) is 0. The van der Waals surface area contributed by atoms with Crippen LogP contribution in [0.15, 0.2) is 18.2 Å². The fraction of sp³-hybridized carbons (Fsp3) is 0.500. The Balaban J connectivity index is 1.94. The zero-order chi connectivity index (χ0) is 15.9. The highest BCUT2D eigenvalue weighted by molar-refractivity contribution is 7.99. The lowest BCUT2D eigenvalue weighted by Gasteiger charge is -2.22. The van der Waals surface area contributed by atoms with E-state index in [2.05, 4.69) is 16.0 Å². The molecule has 6 heteroatoms. The third-order valence-electron chi connectivity index (χ3n) is 3.53. The van der Waals surface area contributed by atoms with E-state index in [0.29, 0.717) is 18.5 Å². The topological polar surface area (TPSA) is 70.2 Å². The Hall–Kier alpha value is -1.53. The summed E-state index contributed by atoms with van der Waals surface area (Å²) in [6, 6.07) is 5.58. The molecule has 1 aliphatic heterocycles. The molecule has 5 nitrogen and oxygen atoms in total. The van der Waals surface area contributed by atoms with Crippen molar-refractivity contribution in [1.82, 2.24) is 10.6 Å². The smallest absolute Gasteiger partial charge is 0.251 e. The quantitative estimate of drug-likeness (QED) is 0.773. The fourth-order valence-electron chi connectivity index (χ4n) is 2.38. The first-order valence-corrected chi connectivity index (χ1v) is 8.75. The summed E-state index contributed by atoms with van der Waals surface area (Å²) in [6.07, 6.45) is 0.477. The molecule has 1 aromatic rings. The lowest BCUT2D eigenvalue weighted by atomic mass is 10.1. The van der Waals surface area contributed by atoms with Crippen LogP contribution in [-0.2, 0) is 4.79 Å². The first kappa shape index (κ1) is 16.8. The van der Waals surface area contributed by atoms with E-state index < -0.39 is 0 Å². The molecule has 22 heavy (non-hydrogen) atoms. The van der Waals surface area contributed by atoms with Crippen LogP contribution in [0.25, 0.3) is 0 Å². The molecule has 1 fully saturated rings. The van der Waals surface area contributed by atoms with Crippen molar-refractivity contribution in [1.29, 1.82) is 0 Å². The van der Waals surface area contributed by atoms with E-state index >= 15 is 0 Å². The van der Waals surface area contributed by atoms with Crippen molar-refractivity contribution in [2.24, 2.45) is 0 Å². The Morgan fingerprint density at radius 2 is 2.23 bits per heavy atom. The van der Waals surface area contributed by atoms with Gasteiger partial charge in [0.2, 0.25) is 5.91 Å². The molecule has 120 valence electrons. The summed E-state index contributed by atoms with van der Waals surface area (Å²) in [4.78, 5) is 23.9. The van der Waals surface area contributed by atoms with E-state index in [4.69, 9.17) is 0 Å². The molecule has 1 atom stereocenters. The van der Waals surface area contributed by atoms with Crippen LogP contribution in [-0.4, -0.2) is 42.5 Å². The number of aryl methyl sites for hydroxylation is 1. The lowest BCUT2D eigenvalue weighted by molar-refractivity contribution is -0.116. The van der Waals surface area contributed by atoms with E-state index in [-0.39, 0.29) is 17.9 Å². The average molecular weight is 321 g/mol. The highest BCUT2D eigenvalue weighted by atomic mass is 32.2. The maximum Gasteiger partial charge on any atom is 0.251 e. The minimum Gasteiger partial charge on any atom is -0.352 e. The van der Waals surface area contributed by atoms with Gasteiger partial charge in [-0.25, -0.2) is 0 Å². The molecule has 1 aliphatic rings. The summed E-state index contributed by atoms with van der Waals surface area (Å²) < 4.78 is 0. The molecular formula is C16H23N3O2S. The van der Waals surface area contributed by atoms with E-state index in [1.54, 1.807) is 18.2 Å². The molecule has 1 saturated heterocycles. The summed E-state index contributed by atoms with van der Waals surface area (Å²) in [6.45, 7) is 5.34. The van der Waals surface area contributed by atoms with Gasteiger partial charge in [0, 0.05) is 48.3 Å². The van der Waals surface area contributed by atoms with Gasteiger partial charge in [0.1, 0.15) is 0 Å². The molecule has 0 radical (unpaired) electrons. The summed E-state index contributed by atoms with van der Waals surface area (Å²) in [5, 5.41) is 9.06. The lowest BCUT2D eigenvalue weighted by Crippen LogP contribution is -2.39. The Bertz CT molecular complexity index is 542. The highest BCUT2D eigenvalue weighted by Gasteiger charge is 2.17. The van der Waals surface area contributed by atoms with Gasteiger partial charge in [-0.3, -0.25) is 9.59 Å². The Morgan fingerprint density at radius 1 is 1.41 bits per heavy atom. The molecule has 2 rings (SSSR count). The summed E-state index contributed by atoms with van der Waals surface area (Å²) >= 11 is 1.88. The van der Waals surface area contributed by atoms with Gasteiger partial charge in [-0.05, 0) is 37.6 Å². The van der Waals surface area contributed by atoms with Crippen molar-refractivity contribution in [2.45, 2.75) is 26.3 Å². The number of rotatable bonds is 5. The van der Waals surface area contributed by atoms with Crippen molar-refractivity contribution in [2.75, 3.05) is 29.9 Å². The highest BCUT2D eigenvalue weighted by Crippen LogP contribution is 2.18. The third-order valence-corrected chi connectivity index (χ3v) is 4.66. The summed E-state index contributed by atoms with van der Waals surface area (Å²) in [5.41, 5.74) is 2.27. The number of hydrogen-bond donors (Lipinski definition) is 3. The van der Waals surface area contributed by atoms with Crippen LogP contribution >= 0.6 is 11.8 Å². The van der Waals surface area contributed by atoms with Crippen LogP contribution in [0.5, 0.6) is 0 Å². The van der Waals surface area contributed by atoms with Crippen LogP contribution < -0.4 is 16.0 Å². The van der Waals surface area contributed by atoms with E-state index in [0.717, 1.165) is 29.3 Å². The van der Waals surface area contributed by atoms with Gasteiger partial charge in [-0.2, -0.15) is 11.8 Å². The van der Waals surface area contributed by atoms with Gasteiger partial charge in [-0.15, -0.1) is 0 Å². The van der Waals surface area contributed by atoms with Crippen LogP contribution in [0.2, 0.25) is 0 Å². The zero-order valence-electron chi connectivity index (χ0n) is 13.1. The van der Waals surface area contributed by atoms with Gasteiger partial charge >= 0.3 is 0 Å². The van der Waals surface area contributed by atoms with Crippen LogP contribution in [0.1, 0.15) is 29.3 Å². The number of carbonyl (C=O) groups excluding carboxylic acids is 2. The van der Waals surface area contributed by atoms with E-state index in [1.165, 1.54) is 0 Å². The number of thioether (sulfide) groups is 1. The molecule has 1 aromatic carbocycles. The molecule has 0 aliphatic carbocycles. The normalized spacial score (nSPS) is 17.8. The zero-order valence-corrected chi connectivity index (χ0v) is 13.9. The molecule has 0 aromatic heterocycles. The van der Waals surface area contributed by atoms with Gasteiger partial charge in [0.05, 0.1) is 0 Å². The Labute approximate surface area is 135 Å². The van der Waals surface area contributed by atoms with Gasteiger partial charge in [0.15, 0.2) is 0 Å². The largest absolute Gasteiger partial charge is 0.352 e. The van der Waals surface area contributed by atoms with Gasteiger partial charge in [-0.1, -0.05) is 0 Å². The van der Waals surface area contributed by atoms with Crippen LogP contribution in [0, 0.1) is 6.92 Å². The second kappa shape index (κ2) is 8.19. The third kappa shape index (κ3) is 4.74. The first-order chi connectivity index (χ1) is 10.6. The Morgan fingerprint density at radius 3 is 2.86 bits per heavy atom. The van der Waals surface area contributed by atoms with Gasteiger partial charge < -0.3 is 16.0 Å². The second-order valence-corrected chi connectivity index (χ2v) is 6.52. The maximum absolute atomic E-state index is 12.1. The van der Waals surface area contributed by atoms with Crippen molar-refractivity contribution < 1.29 is 9.59 Å². The minimum atomic E-state index is -0.0908. The predicted molar refractivity (Wildman–Crippen MR) is 91.5 cm³/mol. The number of anilines is 1. The molecule has 1 heterocycles. The number of nitrogens with one attached hydrogen (secondary N) is 3. The molecule has 2 amide bonds. The molecule has 0 spiro atoms. The minimum absolute atomic E-state index is 0.00820. The first-order valence-electron chi connectivity index (χ1n) is 7.60. The van der Waals surface area contributed by atoms with Crippen molar-refractivity contribution in [3.05, 3.63) is 29.3 Å². The molecule has 0 saturated carbocycles. The standard InChI is InChI=1S/C16H23N3O2S/c1-3-17-16(21)12-4-5-14(11(2)8-12)19-15(20)9-13-10-22-7-6-18-13/h4-5,8,13,18H,3,6-7,9-10H2,1-2H3,(H,17,21)(H,19,20). The predicted octanol–water partition coefficient (Wildman–Crippen LogP) is 1.78. The van der Waals surface area contributed by atoms with Crippen LogP contribution in [0.4, 0.5) is 5.69 Å². The molecule has 0 bridgehead atoms. The van der Waals surface area contributed by atoms with E-state index in [9.17, 15) is 9.59 Å². The molecule has 1 unspecified atom stereocenters. The molecule has 3 N–H and O–H groups in total. The average Bonchev–Trinajstić information content (AvgIpc) is 2.50. The fourth-order valence-corrected chi connectivity index (χ4v) is 3.33.